The minimum Gasteiger partial charge on any atom is -0.331 e. The summed E-state index contributed by atoms with van der Waals surface area (Å²) in [6.45, 7) is 4.78. The van der Waals surface area contributed by atoms with Gasteiger partial charge in [0.15, 0.2) is 0 Å². The largest absolute Gasteiger partial charge is 0.331 e. The number of para-hydroxylation sites is 2. The number of imidazole rings is 1. The van der Waals surface area contributed by atoms with Crippen LogP contribution in [0.3, 0.4) is 0 Å². The van der Waals surface area contributed by atoms with E-state index in [0.717, 1.165) is 29.2 Å². The van der Waals surface area contributed by atoms with Crippen molar-refractivity contribution in [3.05, 3.63) is 46.5 Å². The third-order valence-electron chi connectivity index (χ3n) is 3.29. The number of fused-ring (bicyclic) bond motifs is 1. The first-order valence-corrected chi connectivity index (χ1v) is 7.85. The molecule has 0 atom stereocenters. The number of hydrogen-bond donors (Lipinski definition) is 1. The van der Waals surface area contributed by atoms with Gasteiger partial charge in [-0.25, -0.2) is 9.97 Å². The first-order chi connectivity index (χ1) is 10.7. The van der Waals surface area contributed by atoms with Crippen LogP contribution in [-0.4, -0.2) is 14.5 Å². The van der Waals surface area contributed by atoms with Gasteiger partial charge in [-0.15, -0.1) is 11.3 Å². The molecule has 1 N–H and O–H groups in total. The van der Waals surface area contributed by atoms with Crippen LogP contribution < -0.4 is 5.32 Å². The van der Waals surface area contributed by atoms with Crippen LogP contribution in [0.15, 0.2) is 35.8 Å². The number of aromatic nitrogens is 3. The molecule has 0 aliphatic carbocycles. The van der Waals surface area contributed by atoms with Gasteiger partial charge in [0.2, 0.25) is 5.95 Å². The van der Waals surface area contributed by atoms with Gasteiger partial charge >= 0.3 is 0 Å². The van der Waals surface area contributed by atoms with Crippen molar-refractivity contribution in [1.82, 2.24) is 14.5 Å². The summed E-state index contributed by atoms with van der Waals surface area (Å²) in [7, 11) is 0. The Balaban J connectivity index is 1.96. The second-order valence-corrected chi connectivity index (χ2v) is 5.63. The number of hydrogen-bond acceptors (Lipinski definition) is 5. The van der Waals surface area contributed by atoms with Gasteiger partial charge in [0.05, 0.1) is 11.0 Å². The number of benzene rings is 1. The highest BCUT2D eigenvalue weighted by Crippen LogP contribution is 2.22. The molecule has 0 unspecified atom stereocenters. The van der Waals surface area contributed by atoms with E-state index in [4.69, 9.17) is 0 Å². The van der Waals surface area contributed by atoms with Gasteiger partial charge in [-0.3, -0.25) is 0 Å². The van der Waals surface area contributed by atoms with Crippen molar-refractivity contribution >= 4 is 33.9 Å². The van der Waals surface area contributed by atoms with Crippen molar-refractivity contribution in [1.29, 1.82) is 5.26 Å². The second kappa shape index (κ2) is 6.00. The van der Waals surface area contributed by atoms with Gasteiger partial charge in [0.1, 0.15) is 16.6 Å². The molecule has 5 nitrogen and oxygen atoms in total. The van der Waals surface area contributed by atoms with Crippen molar-refractivity contribution in [2.24, 2.45) is 0 Å². The van der Waals surface area contributed by atoms with E-state index in [0.29, 0.717) is 10.6 Å². The molecule has 0 bridgehead atoms. The first kappa shape index (κ1) is 14.3. The number of rotatable bonds is 4. The molecule has 3 aromatic rings. The third kappa shape index (κ3) is 2.59. The van der Waals surface area contributed by atoms with Gasteiger partial charge in [-0.1, -0.05) is 12.1 Å². The summed E-state index contributed by atoms with van der Waals surface area (Å²) in [5.41, 5.74) is 3.43. The number of anilines is 1. The van der Waals surface area contributed by atoms with Crippen LogP contribution in [0.4, 0.5) is 5.95 Å². The maximum Gasteiger partial charge on any atom is 0.207 e. The molecule has 0 saturated heterocycles. The van der Waals surface area contributed by atoms with E-state index >= 15 is 0 Å². The average molecular weight is 309 g/mol. The smallest absolute Gasteiger partial charge is 0.207 e. The number of allylic oxidation sites excluding steroid dienone is 1. The highest BCUT2D eigenvalue weighted by molar-refractivity contribution is 7.10. The first-order valence-electron chi connectivity index (χ1n) is 6.97. The fourth-order valence-electron chi connectivity index (χ4n) is 2.26. The third-order valence-corrected chi connectivity index (χ3v) is 4.28. The van der Waals surface area contributed by atoms with Crippen LogP contribution in [0.2, 0.25) is 0 Å². The van der Waals surface area contributed by atoms with E-state index in [2.05, 4.69) is 32.8 Å². The van der Waals surface area contributed by atoms with Gasteiger partial charge in [-0.2, -0.15) is 5.26 Å². The average Bonchev–Trinajstić information content (AvgIpc) is 3.11. The van der Waals surface area contributed by atoms with E-state index in [1.54, 1.807) is 6.20 Å². The molecule has 2 aromatic heterocycles. The zero-order valence-corrected chi connectivity index (χ0v) is 13.2. The summed E-state index contributed by atoms with van der Waals surface area (Å²) in [4.78, 5) is 8.91. The number of aryl methyl sites for hydroxylation is 2. The zero-order valence-electron chi connectivity index (χ0n) is 12.4. The van der Waals surface area contributed by atoms with Crippen LogP contribution in [0.1, 0.15) is 17.6 Å². The van der Waals surface area contributed by atoms with Crippen molar-refractivity contribution < 1.29 is 0 Å². The molecule has 3 rings (SSSR count). The van der Waals surface area contributed by atoms with Gasteiger partial charge < -0.3 is 9.88 Å². The lowest BCUT2D eigenvalue weighted by atomic mass is 10.3. The lowest BCUT2D eigenvalue weighted by Crippen LogP contribution is -2.02. The van der Waals surface area contributed by atoms with Crippen LogP contribution >= 0.6 is 11.3 Å². The number of nitriles is 1. The molecular weight excluding hydrogens is 294 g/mol. The maximum atomic E-state index is 9.31. The van der Waals surface area contributed by atoms with E-state index in [1.807, 2.05) is 36.6 Å². The topological polar surface area (TPSA) is 66.5 Å². The second-order valence-electron chi connectivity index (χ2n) is 4.78. The molecular formula is C16H15N5S. The molecule has 0 aliphatic heterocycles. The summed E-state index contributed by atoms with van der Waals surface area (Å²) >= 11 is 1.46. The quantitative estimate of drug-likeness (QED) is 0.744. The Morgan fingerprint density at radius 2 is 2.23 bits per heavy atom. The molecule has 0 aliphatic rings. The minimum atomic E-state index is 0.507. The predicted molar refractivity (Wildman–Crippen MR) is 89.5 cm³/mol. The molecule has 0 saturated carbocycles. The van der Waals surface area contributed by atoms with Crippen LogP contribution in [0.5, 0.6) is 0 Å². The Morgan fingerprint density at radius 3 is 2.91 bits per heavy atom. The van der Waals surface area contributed by atoms with Crippen LogP contribution in [0.25, 0.3) is 16.6 Å². The predicted octanol–water partition coefficient (Wildman–Crippen LogP) is 3.80. The molecule has 0 fully saturated rings. The monoisotopic (exact) mass is 309 g/mol. The van der Waals surface area contributed by atoms with Gasteiger partial charge in [0, 0.05) is 23.8 Å². The molecule has 110 valence electrons. The van der Waals surface area contributed by atoms with Crippen molar-refractivity contribution in [2.75, 3.05) is 5.32 Å². The van der Waals surface area contributed by atoms with Crippen LogP contribution in [-0.2, 0) is 6.54 Å². The van der Waals surface area contributed by atoms with Gasteiger partial charge in [-0.05, 0) is 26.0 Å². The standard InChI is InChI=1S/C16H15N5S/c1-3-21-14-7-5-4-6-13(14)20-16(21)18-9-12(8-17)15-19-11(2)10-22-15/h4-7,9-10H,3H2,1-2H3,(H,18,20)/b12-9+. The van der Waals surface area contributed by atoms with E-state index in [1.165, 1.54) is 11.3 Å². The number of thiazole rings is 1. The number of nitrogens with one attached hydrogen (secondary N) is 1. The molecule has 2 heterocycles. The Hall–Kier alpha value is -2.65. The SMILES string of the molecule is CCn1c(N/C=C(\C#N)c2nc(C)cs2)nc2ccccc21. The van der Waals surface area contributed by atoms with Crippen LogP contribution in [0, 0.1) is 18.3 Å². The zero-order chi connectivity index (χ0) is 15.5. The Labute approximate surface area is 132 Å². The molecule has 0 spiro atoms. The molecule has 6 heteroatoms. The Kier molecular flexibility index (Phi) is 3.90. The van der Waals surface area contributed by atoms with E-state index in [9.17, 15) is 5.26 Å². The van der Waals surface area contributed by atoms with Gasteiger partial charge in [0.25, 0.3) is 0 Å². The fourth-order valence-corrected chi connectivity index (χ4v) is 3.03. The molecule has 22 heavy (non-hydrogen) atoms. The highest BCUT2D eigenvalue weighted by Gasteiger charge is 2.09. The summed E-state index contributed by atoms with van der Waals surface area (Å²) in [5.74, 6) is 0.727. The summed E-state index contributed by atoms with van der Waals surface area (Å²) in [6, 6.07) is 10.2. The summed E-state index contributed by atoms with van der Waals surface area (Å²) in [5, 5.41) is 15.1. The van der Waals surface area contributed by atoms with E-state index in [-0.39, 0.29) is 0 Å². The molecule has 1 aromatic carbocycles. The maximum absolute atomic E-state index is 9.31. The van der Waals surface area contributed by atoms with E-state index < -0.39 is 0 Å². The van der Waals surface area contributed by atoms with Crippen molar-refractivity contribution in [2.45, 2.75) is 20.4 Å². The fraction of sp³-hybridized carbons (Fsp3) is 0.188. The number of nitrogens with zero attached hydrogens (tertiary/aromatic N) is 4. The van der Waals surface area contributed by atoms with Crippen molar-refractivity contribution in [3.63, 3.8) is 0 Å². The molecule has 0 radical (unpaired) electrons. The Bertz CT molecular complexity index is 881. The summed E-state index contributed by atoms with van der Waals surface area (Å²) < 4.78 is 2.08. The molecule has 0 amide bonds. The lowest BCUT2D eigenvalue weighted by Gasteiger charge is -2.05. The Morgan fingerprint density at radius 1 is 1.41 bits per heavy atom. The lowest BCUT2D eigenvalue weighted by molar-refractivity contribution is 0.797. The normalized spacial score (nSPS) is 11.6. The van der Waals surface area contributed by atoms with Crippen molar-refractivity contribution in [3.8, 4) is 6.07 Å². The minimum absolute atomic E-state index is 0.507. The summed E-state index contributed by atoms with van der Waals surface area (Å²) in [6.07, 6.45) is 1.67. The highest BCUT2D eigenvalue weighted by atomic mass is 32.1.